The molecule has 0 amide bonds. The van der Waals surface area contributed by atoms with E-state index >= 15 is 0 Å². The van der Waals surface area contributed by atoms with E-state index in [0.717, 1.165) is 0 Å². The van der Waals surface area contributed by atoms with Crippen LogP contribution in [0.2, 0.25) is 0 Å². The number of hydrogen-bond donors (Lipinski definition) is 1. The Morgan fingerprint density at radius 2 is 1.90 bits per heavy atom. The molecular formula is C14H20N2O2S3. The van der Waals surface area contributed by atoms with Crippen molar-refractivity contribution in [3.8, 4) is 0 Å². The Balaban J connectivity index is 2.44. The summed E-state index contributed by atoms with van der Waals surface area (Å²) in [7, 11) is -3.51. The molecular weight excluding hydrogens is 324 g/mol. The van der Waals surface area contributed by atoms with E-state index < -0.39 is 10.0 Å². The molecule has 0 spiro atoms. The quantitative estimate of drug-likeness (QED) is 0.851. The van der Waals surface area contributed by atoms with Crippen molar-refractivity contribution in [1.82, 2.24) is 4.31 Å². The Hall–Kier alpha value is -0.630. The summed E-state index contributed by atoms with van der Waals surface area (Å²) in [5.41, 5.74) is 6.92. The van der Waals surface area contributed by atoms with E-state index in [-0.39, 0.29) is 4.99 Å². The average molecular weight is 345 g/mol. The molecule has 2 unspecified atom stereocenters. The Kier molecular flexibility index (Phi) is 4.97. The highest BCUT2D eigenvalue weighted by atomic mass is 32.2. The van der Waals surface area contributed by atoms with Crippen LogP contribution < -0.4 is 5.73 Å². The van der Waals surface area contributed by atoms with Gasteiger partial charge in [0.25, 0.3) is 0 Å². The fraction of sp³-hybridized carbons (Fsp3) is 0.500. The lowest BCUT2D eigenvalue weighted by Gasteiger charge is -2.34. The predicted molar refractivity (Wildman–Crippen MR) is 92.3 cm³/mol. The molecule has 1 aromatic carbocycles. The monoisotopic (exact) mass is 344 g/mol. The highest BCUT2D eigenvalue weighted by Crippen LogP contribution is 2.30. The third-order valence-corrected chi connectivity index (χ3v) is 6.91. The van der Waals surface area contributed by atoms with Crippen molar-refractivity contribution < 1.29 is 8.42 Å². The van der Waals surface area contributed by atoms with Gasteiger partial charge in [0.1, 0.15) is 4.99 Å². The van der Waals surface area contributed by atoms with Gasteiger partial charge in [-0.2, -0.15) is 16.1 Å². The number of aryl methyl sites for hydroxylation is 1. The molecule has 2 N–H and O–H groups in total. The smallest absolute Gasteiger partial charge is 0.243 e. The van der Waals surface area contributed by atoms with E-state index in [2.05, 4.69) is 13.8 Å². The lowest BCUT2D eigenvalue weighted by atomic mass is 10.1. The van der Waals surface area contributed by atoms with Crippen LogP contribution in [0.5, 0.6) is 0 Å². The van der Waals surface area contributed by atoms with Crippen molar-refractivity contribution in [2.45, 2.75) is 36.2 Å². The Labute approximate surface area is 136 Å². The first-order chi connectivity index (χ1) is 9.71. The summed E-state index contributed by atoms with van der Waals surface area (Å²) in [5, 5.41) is 0.588. The Bertz CT molecular complexity index is 648. The van der Waals surface area contributed by atoms with Crippen LogP contribution in [0.4, 0.5) is 0 Å². The summed E-state index contributed by atoms with van der Waals surface area (Å²) >= 11 is 6.77. The van der Waals surface area contributed by atoms with E-state index in [1.165, 1.54) is 0 Å². The summed E-state index contributed by atoms with van der Waals surface area (Å²) < 4.78 is 27.4. The normalized spacial score (nSPS) is 24.0. The van der Waals surface area contributed by atoms with Crippen LogP contribution in [-0.2, 0) is 10.0 Å². The molecule has 7 heteroatoms. The largest absolute Gasteiger partial charge is 0.389 e. The number of nitrogens with zero attached hydrogens (tertiary/aromatic N) is 1. The van der Waals surface area contributed by atoms with Crippen molar-refractivity contribution in [3.05, 3.63) is 29.3 Å². The second-order valence-electron chi connectivity index (χ2n) is 5.42. The Morgan fingerprint density at radius 1 is 1.33 bits per heavy atom. The lowest BCUT2D eigenvalue weighted by Crippen LogP contribution is -2.44. The summed E-state index contributed by atoms with van der Waals surface area (Å²) in [6, 6.07) is 5.10. The van der Waals surface area contributed by atoms with E-state index in [1.807, 2.05) is 11.8 Å². The Morgan fingerprint density at radius 3 is 2.43 bits per heavy atom. The molecule has 2 atom stereocenters. The molecule has 0 bridgehead atoms. The van der Waals surface area contributed by atoms with Gasteiger partial charge < -0.3 is 5.73 Å². The van der Waals surface area contributed by atoms with Gasteiger partial charge in [0.05, 0.1) is 4.90 Å². The van der Waals surface area contributed by atoms with E-state index in [4.69, 9.17) is 18.0 Å². The third kappa shape index (κ3) is 3.59. The van der Waals surface area contributed by atoms with Gasteiger partial charge in [0, 0.05) is 29.2 Å². The molecule has 4 nitrogen and oxygen atoms in total. The molecule has 116 valence electrons. The molecule has 1 saturated heterocycles. The van der Waals surface area contributed by atoms with Crippen molar-refractivity contribution in [1.29, 1.82) is 0 Å². The number of thiocarbonyl (C=S) groups is 1. The van der Waals surface area contributed by atoms with E-state index in [9.17, 15) is 8.42 Å². The van der Waals surface area contributed by atoms with Gasteiger partial charge in [-0.3, -0.25) is 0 Å². The predicted octanol–water partition coefficient (Wildman–Crippen LogP) is 2.14. The molecule has 2 rings (SSSR count). The maximum atomic E-state index is 12.9. The summed E-state index contributed by atoms with van der Waals surface area (Å²) in [4.78, 5) is 0.515. The fourth-order valence-electron chi connectivity index (χ4n) is 2.50. The van der Waals surface area contributed by atoms with Crippen molar-refractivity contribution >= 4 is 39.0 Å². The minimum Gasteiger partial charge on any atom is -0.389 e. The highest BCUT2D eigenvalue weighted by molar-refractivity contribution is 8.00. The van der Waals surface area contributed by atoms with Crippen LogP contribution in [0.1, 0.15) is 25.0 Å². The standard InChI is InChI=1S/C14H20N2O2S3/c1-9-4-5-12(14(15)19)6-13(9)21(17,18)16-7-10(2)20-11(3)8-16/h4-6,10-11H,7-8H2,1-3H3,(H2,15,19). The first-order valence-electron chi connectivity index (χ1n) is 6.78. The number of benzene rings is 1. The molecule has 1 aliphatic heterocycles. The first kappa shape index (κ1) is 16.7. The zero-order valence-electron chi connectivity index (χ0n) is 12.4. The van der Waals surface area contributed by atoms with Gasteiger partial charge in [-0.05, 0) is 18.6 Å². The minimum atomic E-state index is -3.51. The number of hydrogen-bond acceptors (Lipinski definition) is 4. The van der Waals surface area contributed by atoms with Crippen LogP contribution in [0.15, 0.2) is 23.1 Å². The van der Waals surface area contributed by atoms with Gasteiger partial charge in [-0.15, -0.1) is 0 Å². The minimum absolute atomic E-state index is 0.211. The number of sulfonamides is 1. The summed E-state index contributed by atoms with van der Waals surface area (Å²) in [5.74, 6) is 0. The van der Waals surface area contributed by atoms with Crippen molar-refractivity contribution in [2.24, 2.45) is 5.73 Å². The van der Waals surface area contributed by atoms with Crippen LogP contribution >= 0.6 is 24.0 Å². The number of rotatable bonds is 3. The lowest BCUT2D eigenvalue weighted by molar-refractivity contribution is 0.404. The molecule has 0 aromatic heterocycles. The topological polar surface area (TPSA) is 63.4 Å². The second kappa shape index (κ2) is 6.24. The summed E-state index contributed by atoms with van der Waals surface area (Å²) in [6.07, 6.45) is 0. The molecule has 0 radical (unpaired) electrons. The SMILES string of the molecule is Cc1ccc(C(N)=S)cc1S(=O)(=O)N1CC(C)SC(C)C1. The van der Waals surface area contributed by atoms with Gasteiger partial charge in [-0.25, -0.2) is 8.42 Å². The van der Waals surface area contributed by atoms with Crippen LogP contribution in [0.3, 0.4) is 0 Å². The molecule has 1 fully saturated rings. The zero-order valence-corrected chi connectivity index (χ0v) is 14.8. The molecule has 1 aliphatic rings. The van der Waals surface area contributed by atoms with Crippen LogP contribution in [0.25, 0.3) is 0 Å². The fourth-order valence-corrected chi connectivity index (χ4v) is 6.01. The molecule has 0 aliphatic carbocycles. The van der Waals surface area contributed by atoms with Gasteiger partial charge in [0.2, 0.25) is 10.0 Å². The molecule has 0 saturated carbocycles. The van der Waals surface area contributed by atoms with E-state index in [1.54, 1.807) is 29.4 Å². The summed E-state index contributed by atoms with van der Waals surface area (Å²) in [6.45, 7) is 6.98. The highest BCUT2D eigenvalue weighted by Gasteiger charge is 2.33. The van der Waals surface area contributed by atoms with Crippen molar-refractivity contribution in [3.63, 3.8) is 0 Å². The number of nitrogens with two attached hydrogens (primary N) is 1. The molecule has 21 heavy (non-hydrogen) atoms. The maximum absolute atomic E-state index is 12.9. The van der Waals surface area contributed by atoms with Crippen LogP contribution in [-0.4, -0.2) is 41.3 Å². The van der Waals surface area contributed by atoms with Gasteiger partial charge in [0.15, 0.2) is 0 Å². The molecule has 1 heterocycles. The van der Waals surface area contributed by atoms with Crippen molar-refractivity contribution in [2.75, 3.05) is 13.1 Å². The number of thioether (sulfide) groups is 1. The van der Waals surface area contributed by atoms with Crippen LogP contribution in [0, 0.1) is 6.92 Å². The maximum Gasteiger partial charge on any atom is 0.243 e. The zero-order chi connectivity index (χ0) is 15.8. The van der Waals surface area contributed by atoms with E-state index in [0.29, 0.717) is 39.6 Å². The third-order valence-electron chi connectivity index (χ3n) is 3.48. The van der Waals surface area contributed by atoms with Gasteiger partial charge in [-0.1, -0.05) is 38.2 Å². The molecule has 1 aromatic rings. The second-order valence-corrected chi connectivity index (χ2v) is 9.65. The average Bonchev–Trinajstić information content (AvgIpc) is 2.37. The van der Waals surface area contributed by atoms with Gasteiger partial charge >= 0.3 is 0 Å². The first-order valence-corrected chi connectivity index (χ1v) is 9.57.